The third kappa shape index (κ3) is 2390. The minimum Gasteiger partial charge on any atom is -0.550 e. The van der Waals surface area contributed by atoms with Crippen molar-refractivity contribution in [3.8, 4) is 0 Å². The van der Waals surface area contributed by atoms with E-state index in [2.05, 4.69) is 0 Å². The second kappa shape index (κ2) is 22.8. The van der Waals surface area contributed by atoms with E-state index >= 15 is 0 Å². The molecule has 7 nitrogen and oxygen atoms in total. The summed E-state index contributed by atoms with van der Waals surface area (Å²) in [5, 5.41) is 26.7. The summed E-state index contributed by atoms with van der Waals surface area (Å²) in [6.07, 6.45) is 0. The summed E-state index contributed by atoms with van der Waals surface area (Å²) in [4.78, 5) is 26.7. The fourth-order valence-corrected chi connectivity index (χ4v) is 0. The van der Waals surface area contributed by atoms with Crippen molar-refractivity contribution in [3.05, 3.63) is 0 Å². The summed E-state index contributed by atoms with van der Waals surface area (Å²) < 4.78 is 0. The molecule has 0 fully saturated rings. The van der Waals surface area contributed by atoms with Crippen molar-refractivity contribution in [3.63, 3.8) is 0 Å². The Morgan fingerprint density at radius 2 is 0.714 bits per heavy atom. The predicted molar refractivity (Wildman–Crippen MR) is 41.4 cm³/mol. The SMILES string of the molecule is CC(=O)[O-].CC(=O)[O-].CC(=O)[O-].O.[Tl+3]. The molecule has 80 valence electrons. The molecule has 0 spiro atoms. The van der Waals surface area contributed by atoms with E-state index in [0.717, 1.165) is 20.8 Å². The van der Waals surface area contributed by atoms with Gasteiger partial charge in [-0.05, 0) is 20.8 Å². The first-order chi connectivity index (χ1) is 5.20. The summed E-state index contributed by atoms with van der Waals surface area (Å²) in [5.41, 5.74) is 0. The van der Waals surface area contributed by atoms with Gasteiger partial charge < -0.3 is 35.2 Å². The van der Waals surface area contributed by atoms with E-state index in [9.17, 15) is 0 Å². The van der Waals surface area contributed by atoms with Gasteiger partial charge >= 0.3 is 27.3 Å². The topological polar surface area (TPSA) is 152 Å². The molecule has 0 aromatic rings. The summed E-state index contributed by atoms with van der Waals surface area (Å²) >= 11 is 0. The Labute approximate surface area is 101 Å². The van der Waals surface area contributed by atoms with Gasteiger partial charge in [0.15, 0.2) is 0 Å². The van der Waals surface area contributed by atoms with Crippen LogP contribution in [0.2, 0.25) is 0 Å². The van der Waals surface area contributed by atoms with Crippen molar-refractivity contribution < 1.29 is 35.2 Å². The Morgan fingerprint density at radius 3 is 0.714 bits per heavy atom. The van der Waals surface area contributed by atoms with Gasteiger partial charge in [0.2, 0.25) is 0 Å². The van der Waals surface area contributed by atoms with Gasteiger partial charge in [-0.3, -0.25) is 0 Å². The zero-order chi connectivity index (χ0) is 10.7. The minimum atomic E-state index is -1.08. The first-order valence-corrected chi connectivity index (χ1v) is 2.72. The Hall–Kier alpha value is -0.708. The van der Waals surface area contributed by atoms with E-state index in [4.69, 9.17) is 29.7 Å². The van der Waals surface area contributed by atoms with E-state index in [0.29, 0.717) is 0 Å². The van der Waals surface area contributed by atoms with Crippen LogP contribution in [0.3, 0.4) is 0 Å². The predicted octanol–water partition coefficient (Wildman–Crippen LogP) is -4.94. The van der Waals surface area contributed by atoms with Gasteiger partial charge in [-0.15, -0.1) is 0 Å². The van der Waals surface area contributed by atoms with Gasteiger partial charge in [0.05, 0.1) is 0 Å². The van der Waals surface area contributed by atoms with E-state index in [1.165, 1.54) is 0 Å². The molecule has 8 heteroatoms. The van der Waals surface area contributed by atoms with Crippen LogP contribution in [0, 0.1) is 0 Å². The quantitative estimate of drug-likeness (QED) is 0.372. The third-order valence-electron chi connectivity index (χ3n) is 0. The Morgan fingerprint density at radius 1 is 0.714 bits per heavy atom. The number of carboxylic acid groups (broad SMARTS) is 3. The van der Waals surface area contributed by atoms with Crippen LogP contribution < -0.4 is 15.3 Å². The molecule has 0 bridgehead atoms. The molecular formula is C6H11O7Tl. The molecule has 0 aliphatic rings. The number of hydrogen-bond acceptors (Lipinski definition) is 6. The van der Waals surface area contributed by atoms with Crippen molar-refractivity contribution in [2.24, 2.45) is 0 Å². The van der Waals surface area contributed by atoms with Crippen LogP contribution in [-0.2, 0) is 14.4 Å². The first-order valence-electron chi connectivity index (χ1n) is 2.72. The second-order valence-electron chi connectivity index (χ2n) is 1.47. The van der Waals surface area contributed by atoms with Crippen LogP contribution in [-0.4, -0.2) is 50.7 Å². The van der Waals surface area contributed by atoms with Crippen molar-refractivity contribution in [2.75, 3.05) is 0 Å². The molecule has 0 saturated carbocycles. The van der Waals surface area contributed by atoms with Crippen LogP contribution in [0.15, 0.2) is 0 Å². The maximum absolute atomic E-state index is 8.89. The van der Waals surface area contributed by atoms with Crippen molar-refractivity contribution >= 4 is 45.2 Å². The molecule has 0 unspecified atom stereocenters. The summed E-state index contributed by atoms with van der Waals surface area (Å²) in [7, 11) is 0. The smallest absolute Gasteiger partial charge is 0.550 e. The average molecular weight is 400 g/mol. The molecule has 0 saturated heterocycles. The monoisotopic (exact) mass is 400 g/mol. The van der Waals surface area contributed by atoms with Crippen LogP contribution >= 0.6 is 0 Å². The Bertz CT molecular complexity index is 116. The molecule has 0 radical (unpaired) electrons. The molecule has 0 heterocycles. The molecule has 0 aromatic heterocycles. The van der Waals surface area contributed by atoms with Gasteiger partial charge in [-0.1, -0.05) is 0 Å². The molecule has 0 aliphatic carbocycles. The molecular weight excluding hydrogens is 388 g/mol. The molecule has 0 aliphatic heterocycles. The zero-order valence-electron chi connectivity index (χ0n) is 8.03. The van der Waals surface area contributed by atoms with Gasteiger partial charge in [-0.25, -0.2) is 0 Å². The fourth-order valence-electron chi connectivity index (χ4n) is 0. The molecule has 14 heavy (non-hydrogen) atoms. The van der Waals surface area contributed by atoms with Gasteiger partial charge in [-0.2, -0.15) is 0 Å². The summed E-state index contributed by atoms with van der Waals surface area (Å²) in [6, 6.07) is 0. The van der Waals surface area contributed by atoms with Crippen molar-refractivity contribution in [1.29, 1.82) is 0 Å². The van der Waals surface area contributed by atoms with Crippen LogP contribution in [0.25, 0.3) is 0 Å². The van der Waals surface area contributed by atoms with E-state index in [1.807, 2.05) is 0 Å². The molecule has 0 aromatic carbocycles. The van der Waals surface area contributed by atoms with Crippen molar-refractivity contribution in [2.45, 2.75) is 20.8 Å². The number of aliphatic carboxylic acids is 3. The van der Waals surface area contributed by atoms with Crippen LogP contribution in [0.5, 0.6) is 0 Å². The Balaban J connectivity index is -0.0000000270. The van der Waals surface area contributed by atoms with Gasteiger partial charge in [0.1, 0.15) is 0 Å². The van der Waals surface area contributed by atoms with E-state index in [-0.39, 0.29) is 32.8 Å². The maximum Gasteiger partial charge on any atom is 3.00 e. The van der Waals surface area contributed by atoms with E-state index < -0.39 is 17.9 Å². The second-order valence-corrected chi connectivity index (χ2v) is 1.47. The minimum absolute atomic E-state index is 0. The maximum atomic E-state index is 8.89. The molecule has 0 rings (SSSR count). The number of rotatable bonds is 0. The standard InChI is InChI=1S/3C2H4O2.H2O.Tl/c3*1-2(3)4;;/h3*1H3,(H,3,4);1H2;/q;;;;+3/p-3. The molecule has 0 amide bonds. The first kappa shape index (κ1) is 29.2. The summed E-state index contributed by atoms with van der Waals surface area (Å²) in [6.45, 7) is 2.92. The summed E-state index contributed by atoms with van der Waals surface area (Å²) in [5.74, 6) is -3.25. The molecule has 2 N–H and O–H groups in total. The average Bonchev–Trinajstić information content (AvgIpc) is 1.54. The number of carbonyl (C=O) groups is 3. The largest absolute Gasteiger partial charge is 3.00 e. The molecule has 0 atom stereocenters. The van der Waals surface area contributed by atoms with Crippen LogP contribution in [0.1, 0.15) is 20.8 Å². The number of carbonyl (C=O) groups excluding carboxylic acids is 3. The van der Waals surface area contributed by atoms with Crippen molar-refractivity contribution in [1.82, 2.24) is 0 Å². The van der Waals surface area contributed by atoms with Gasteiger partial charge in [0, 0.05) is 17.9 Å². The van der Waals surface area contributed by atoms with E-state index in [1.54, 1.807) is 0 Å². The fraction of sp³-hybridized carbons (Fsp3) is 0.500. The zero-order valence-corrected chi connectivity index (χ0v) is 12.5. The van der Waals surface area contributed by atoms with Crippen LogP contribution in [0.4, 0.5) is 0 Å². The third-order valence-corrected chi connectivity index (χ3v) is 0. The Kier molecular flexibility index (Phi) is 47.6. The normalized spacial score (nSPS) is 5.36. The number of hydrogen-bond donors (Lipinski definition) is 0. The number of carboxylic acids is 3. The van der Waals surface area contributed by atoms with Gasteiger partial charge in [0.25, 0.3) is 0 Å².